The fourth-order valence-corrected chi connectivity index (χ4v) is 6.59. The molecule has 234 valence electrons. The van der Waals surface area contributed by atoms with E-state index in [0.717, 1.165) is 71.7 Å². The zero-order valence-electron chi connectivity index (χ0n) is 24.5. The van der Waals surface area contributed by atoms with Gasteiger partial charge in [0.2, 0.25) is 10.7 Å². The topological polar surface area (TPSA) is 95.1 Å². The van der Waals surface area contributed by atoms with Crippen molar-refractivity contribution in [3.63, 3.8) is 0 Å². The average molecular weight is 674 g/mol. The Kier molecular flexibility index (Phi) is 13.8. The summed E-state index contributed by atoms with van der Waals surface area (Å²) in [5.41, 5.74) is 3.32. The highest BCUT2D eigenvalue weighted by atomic mass is 35.5. The Morgan fingerprint density at radius 2 is 1.77 bits per heavy atom. The van der Waals surface area contributed by atoms with Gasteiger partial charge in [0, 0.05) is 25.1 Å². The number of aromatic nitrogens is 2. The molecule has 0 bridgehead atoms. The minimum absolute atomic E-state index is 0.0371. The first-order valence-corrected chi connectivity index (χ1v) is 16.4. The lowest BCUT2D eigenvalue weighted by Crippen LogP contribution is -2.35. The van der Waals surface area contributed by atoms with Gasteiger partial charge in [-0.2, -0.15) is 0 Å². The molecule has 9 nitrogen and oxygen atoms in total. The molecule has 0 atom stereocenters. The second-order valence-electron chi connectivity index (χ2n) is 9.32. The van der Waals surface area contributed by atoms with Crippen molar-refractivity contribution in [1.29, 1.82) is 0 Å². The van der Waals surface area contributed by atoms with Crippen LogP contribution in [0.1, 0.15) is 37.8 Å². The van der Waals surface area contributed by atoms with Crippen LogP contribution in [0.2, 0.25) is 5.02 Å². The van der Waals surface area contributed by atoms with Gasteiger partial charge in [-0.25, -0.2) is 14.1 Å². The molecule has 0 unspecified atom stereocenters. The van der Waals surface area contributed by atoms with Crippen LogP contribution >= 0.6 is 46.3 Å². The van der Waals surface area contributed by atoms with E-state index < -0.39 is 11.8 Å². The van der Waals surface area contributed by atoms with Gasteiger partial charge in [-0.1, -0.05) is 43.6 Å². The Morgan fingerprint density at radius 1 is 1.12 bits per heavy atom. The summed E-state index contributed by atoms with van der Waals surface area (Å²) in [6.07, 6.45) is 3.64. The van der Waals surface area contributed by atoms with E-state index in [4.69, 9.17) is 27.9 Å². The fraction of sp³-hybridized carbons (Fsp3) is 0.448. The Hall–Kier alpha value is -2.64. The molecule has 1 aliphatic rings. The third kappa shape index (κ3) is 8.95. The Morgan fingerprint density at radius 3 is 2.35 bits per heavy atom. The number of carbonyl (C=O) groups is 2. The first-order valence-electron chi connectivity index (χ1n) is 13.7. The van der Waals surface area contributed by atoms with Crippen LogP contribution in [0, 0.1) is 5.82 Å². The van der Waals surface area contributed by atoms with Crippen LogP contribution < -0.4 is 14.6 Å². The SMILES string of the molecule is CCc1cccc(CC)c1N(COC)C(=O)CCl.COC(=O)CSc1cc(N=c2sc(=O)n3n2CCCC3)c(F)cc1Cl. The van der Waals surface area contributed by atoms with Crippen LogP contribution in [-0.2, 0) is 45.0 Å². The number of alkyl halides is 1. The van der Waals surface area contributed by atoms with Crippen molar-refractivity contribution < 1.29 is 23.5 Å². The number of hydrogen-bond acceptors (Lipinski definition) is 8. The zero-order valence-corrected chi connectivity index (χ0v) is 27.7. The highest BCUT2D eigenvalue weighted by Crippen LogP contribution is 2.33. The summed E-state index contributed by atoms with van der Waals surface area (Å²) < 4.78 is 27.4. The van der Waals surface area contributed by atoms with Crippen molar-refractivity contribution in [3.05, 3.63) is 66.8 Å². The standard InChI is InChI=1S/C15H15ClFN3O3S2.C14H20ClNO2/c1-23-13(21)8-24-12-7-11(10(17)6-9(12)16)18-14-19-4-2-3-5-20(19)15(22)25-14;1-4-11-7-6-8-12(5-2)14(11)16(10-18-3)13(17)9-15/h6-7H,2-5,8H2,1H3;6-8H,4-5,9-10H2,1-3H3. The average Bonchev–Trinajstić information content (AvgIpc) is 3.34. The predicted molar refractivity (Wildman–Crippen MR) is 170 cm³/mol. The summed E-state index contributed by atoms with van der Waals surface area (Å²) in [5.74, 6) is -1.09. The van der Waals surface area contributed by atoms with Crippen LogP contribution in [0.4, 0.5) is 15.8 Å². The number of anilines is 1. The van der Waals surface area contributed by atoms with E-state index in [1.54, 1.807) is 21.4 Å². The predicted octanol–water partition coefficient (Wildman–Crippen LogP) is 5.78. The van der Waals surface area contributed by atoms with Crippen LogP contribution in [0.25, 0.3) is 0 Å². The minimum Gasteiger partial charge on any atom is -0.468 e. The van der Waals surface area contributed by atoms with Gasteiger partial charge in [0.15, 0.2) is 0 Å². The van der Waals surface area contributed by atoms with Crippen LogP contribution in [0.3, 0.4) is 0 Å². The van der Waals surface area contributed by atoms with Crippen LogP contribution in [0.15, 0.2) is 45.0 Å². The number of amides is 1. The molecule has 0 spiro atoms. The molecule has 0 aliphatic carbocycles. The molecule has 43 heavy (non-hydrogen) atoms. The number of para-hydroxylation sites is 1. The number of nitrogens with zero attached hydrogens (tertiary/aromatic N) is 4. The fourth-order valence-electron chi connectivity index (χ4n) is 4.45. The highest BCUT2D eigenvalue weighted by molar-refractivity contribution is 8.00. The van der Waals surface area contributed by atoms with E-state index in [1.165, 1.54) is 13.2 Å². The molecule has 4 rings (SSSR count). The summed E-state index contributed by atoms with van der Waals surface area (Å²) in [7, 11) is 2.87. The quantitative estimate of drug-likeness (QED) is 0.117. The number of aryl methyl sites for hydroxylation is 2. The van der Waals surface area contributed by atoms with E-state index in [-0.39, 0.29) is 39.9 Å². The third-order valence-electron chi connectivity index (χ3n) is 6.59. The van der Waals surface area contributed by atoms with Crippen LogP contribution in [0.5, 0.6) is 0 Å². The van der Waals surface area contributed by atoms with E-state index in [0.29, 0.717) is 22.8 Å². The maximum atomic E-state index is 14.3. The van der Waals surface area contributed by atoms with Gasteiger partial charge in [0.25, 0.3) is 0 Å². The Bertz CT molecular complexity index is 1530. The normalized spacial score (nSPS) is 12.8. The van der Waals surface area contributed by atoms with Gasteiger partial charge in [-0.3, -0.25) is 24.0 Å². The van der Waals surface area contributed by atoms with Crippen molar-refractivity contribution in [2.45, 2.75) is 57.5 Å². The number of hydrogen-bond donors (Lipinski definition) is 0. The zero-order chi connectivity index (χ0) is 31.5. The number of fused-ring (bicyclic) bond motifs is 1. The van der Waals surface area contributed by atoms with E-state index >= 15 is 0 Å². The van der Waals surface area contributed by atoms with Gasteiger partial charge < -0.3 is 9.47 Å². The van der Waals surface area contributed by atoms with Crippen molar-refractivity contribution in [2.75, 3.05) is 37.5 Å². The Balaban J connectivity index is 0.000000250. The molecule has 1 amide bonds. The van der Waals surface area contributed by atoms with Crippen molar-refractivity contribution >= 4 is 69.6 Å². The molecule has 0 radical (unpaired) electrons. The number of ether oxygens (including phenoxy) is 2. The second kappa shape index (κ2) is 17.0. The summed E-state index contributed by atoms with van der Waals surface area (Å²) in [5, 5.41) is 0.199. The largest absolute Gasteiger partial charge is 0.468 e. The summed E-state index contributed by atoms with van der Waals surface area (Å²) >= 11 is 13.8. The minimum atomic E-state index is -0.580. The lowest BCUT2D eigenvalue weighted by Gasteiger charge is -2.26. The number of benzene rings is 2. The monoisotopic (exact) mass is 672 g/mol. The summed E-state index contributed by atoms with van der Waals surface area (Å²) in [6.45, 7) is 5.71. The number of halogens is 3. The number of methoxy groups -OCH3 is 2. The molecular formula is C29H35Cl2FN4O5S2. The summed E-state index contributed by atoms with van der Waals surface area (Å²) in [4.78, 5) is 42.1. The molecule has 14 heteroatoms. The third-order valence-corrected chi connectivity index (χ3v) is 9.14. The number of carbonyl (C=O) groups excluding carboxylic acids is 2. The highest BCUT2D eigenvalue weighted by Gasteiger charge is 2.20. The van der Waals surface area contributed by atoms with Crippen LogP contribution in [-0.4, -0.2) is 53.8 Å². The molecule has 2 heterocycles. The van der Waals surface area contributed by atoms with Gasteiger partial charge in [0.1, 0.15) is 24.1 Å². The lowest BCUT2D eigenvalue weighted by molar-refractivity contribution is -0.137. The molecule has 0 saturated heterocycles. The van der Waals surface area contributed by atoms with Crippen molar-refractivity contribution in [2.24, 2.45) is 4.99 Å². The number of esters is 1. The van der Waals surface area contributed by atoms with E-state index in [1.807, 2.05) is 18.2 Å². The van der Waals surface area contributed by atoms with Gasteiger partial charge in [-0.05, 0) is 60.3 Å². The molecule has 0 N–H and O–H groups in total. The maximum absolute atomic E-state index is 14.3. The van der Waals surface area contributed by atoms with Gasteiger partial charge >= 0.3 is 10.8 Å². The molecule has 1 aromatic heterocycles. The molecule has 0 saturated carbocycles. The van der Waals surface area contributed by atoms with Gasteiger partial charge in [-0.15, -0.1) is 23.4 Å². The molecule has 0 fully saturated rings. The first-order chi connectivity index (χ1) is 20.7. The van der Waals surface area contributed by atoms with E-state index in [9.17, 15) is 18.8 Å². The summed E-state index contributed by atoms with van der Waals surface area (Å²) in [6, 6.07) is 8.75. The molecule has 2 aromatic carbocycles. The van der Waals surface area contributed by atoms with E-state index in [2.05, 4.69) is 23.6 Å². The maximum Gasteiger partial charge on any atom is 0.325 e. The Labute approximate surface area is 268 Å². The smallest absolute Gasteiger partial charge is 0.325 e. The molecule has 1 aliphatic heterocycles. The molecular weight excluding hydrogens is 638 g/mol. The second-order valence-corrected chi connectivity index (χ2v) is 11.9. The number of rotatable bonds is 10. The molecule has 3 aromatic rings. The number of thioether (sulfide) groups is 1. The first kappa shape index (κ1) is 34.8. The van der Waals surface area contributed by atoms with Crippen molar-refractivity contribution in [3.8, 4) is 0 Å². The van der Waals surface area contributed by atoms with Gasteiger partial charge in [0.05, 0.1) is 23.6 Å². The lowest BCUT2D eigenvalue weighted by atomic mass is 10.0. The van der Waals surface area contributed by atoms with Crippen molar-refractivity contribution in [1.82, 2.24) is 9.36 Å².